The van der Waals surface area contributed by atoms with Gasteiger partial charge in [-0.15, -0.1) is 0 Å². The van der Waals surface area contributed by atoms with Gasteiger partial charge in [-0.25, -0.2) is 4.98 Å². The minimum Gasteiger partial charge on any atom is -0.493 e. The largest absolute Gasteiger partial charge is 0.493 e. The summed E-state index contributed by atoms with van der Waals surface area (Å²) in [5.41, 5.74) is 0. The number of ether oxygens (including phenoxy) is 1. The number of anilines is 1. The van der Waals surface area contributed by atoms with Gasteiger partial charge in [-0.05, 0) is 25.8 Å². The van der Waals surface area contributed by atoms with Gasteiger partial charge in [0.05, 0.1) is 6.61 Å². The quantitative estimate of drug-likeness (QED) is 0.830. The van der Waals surface area contributed by atoms with Crippen molar-refractivity contribution in [1.82, 2.24) is 9.88 Å². The van der Waals surface area contributed by atoms with Gasteiger partial charge in [0.25, 0.3) is 0 Å². The lowest BCUT2D eigenvalue weighted by Crippen LogP contribution is -2.49. The van der Waals surface area contributed by atoms with Crippen LogP contribution in [0.1, 0.15) is 41.5 Å². The molecule has 4 heteroatoms. The van der Waals surface area contributed by atoms with E-state index in [0.29, 0.717) is 12.0 Å². The third-order valence-electron chi connectivity index (χ3n) is 3.67. The Kier molecular flexibility index (Phi) is 8.25. The SMILES string of the molecule is CC.CC(C)COc1ccnc(N2CCN(C(C)C)CC2)c1. The average molecular weight is 307 g/mol. The highest BCUT2D eigenvalue weighted by Crippen LogP contribution is 2.20. The van der Waals surface area contributed by atoms with Crippen LogP contribution in [0.25, 0.3) is 0 Å². The van der Waals surface area contributed by atoms with E-state index in [0.717, 1.165) is 44.4 Å². The number of nitrogens with zero attached hydrogens (tertiary/aromatic N) is 3. The first kappa shape index (κ1) is 18.8. The maximum Gasteiger partial charge on any atom is 0.132 e. The molecule has 126 valence electrons. The molecule has 0 aromatic carbocycles. The van der Waals surface area contributed by atoms with Gasteiger partial charge >= 0.3 is 0 Å². The first-order valence-corrected chi connectivity index (χ1v) is 8.64. The van der Waals surface area contributed by atoms with Crippen LogP contribution in [0.5, 0.6) is 5.75 Å². The number of pyridine rings is 1. The lowest BCUT2D eigenvalue weighted by Gasteiger charge is -2.37. The second-order valence-corrected chi connectivity index (χ2v) is 6.17. The standard InChI is InChI=1S/C16H27N3O.C2H6/c1-13(2)12-20-15-5-6-17-16(11-15)19-9-7-18(8-10-19)14(3)4;1-2/h5-6,11,13-14H,7-10,12H2,1-4H3;1-2H3. The molecule has 0 aliphatic carbocycles. The molecule has 0 N–H and O–H groups in total. The highest BCUT2D eigenvalue weighted by molar-refractivity contribution is 5.44. The summed E-state index contributed by atoms with van der Waals surface area (Å²) in [4.78, 5) is 9.35. The smallest absolute Gasteiger partial charge is 0.132 e. The van der Waals surface area contributed by atoms with Gasteiger partial charge in [-0.1, -0.05) is 27.7 Å². The van der Waals surface area contributed by atoms with Crippen molar-refractivity contribution in [2.45, 2.75) is 47.6 Å². The molecule has 4 nitrogen and oxygen atoms in total. The predicted molar refractivity (Wildman–Crippen MR) is 94.8 cm³/mol. The molecule has 1 aromatic heterocycles. The van der Waals surface area contributed by atoms with Gasteiger partial charge < -0.3 is 9.64 Å². The molecule has 0 unspecified atom stereocenters. The summed E-state index contributed by atoms with van der Waals surface area (Å²) >= 11 is 0. The Bertz CT molecular complexity index is 413. The molecular formula is C18H33N3O. The highest BCUT2D eigenvalue weighted by Gasteiger charge is 2.19. The van der Waals surface area contributed by atoms with E-state index in [2.05, 4.69) is 48.5 Å². The lowest BCUT2D eigenvalue weighted by atomic mass is 10.2. The zero-order chi connectivity index (χ0) is 16.5. The topological polar surface area (TPSA) is 28.6 Å². The predicted octanol–water partition coefficient (Wildman–Crippen LogP) is 3.67. The maximum atomic E-state index is 5.78. The van der Waals surface area contributed by atoms with Crippen molar-refractivity contribution >= 4 is 5.82 Å². The van der Waals surface area contributed by atoms with Gasteiger partial charge in [-0.3, -0.25) is 4.90 Å². The summed E-state index contributed by atoms with van der Waals surface area (Å²) < 4.78 is 5.78. The Labute approximate surface area is 136 Å². The molecule has 2 heterocycles. The Morgan fingerprint density at radius 1 is 1.09 bits per heavy atom. The number of aromatic nitrogens is 1. The van der Waals surface area contributed by atoms with Crippen molar-refractivity contribution in [3.63, 3.8) is 0 Å². The summed E-state index contributed by atoms with van der Waals surface area (Å²) in [5.74, 6) is 2.51. The Morgan fingerprint density at radius 2 is 1.73 bits per heavy atom. The molecular weight excluding hydrogens is 274 g/mol. The summed E-state index contributed by atoms with van der Waals surface area (Å²) in [6.45, 7) is 17.9. The van der Waals surface area contributed by atoms with E-state index in [-0.39, 0.29) is 0 Å². The van der Waals surface area contributed by atoms with Crippen molar-refractivity contribution in [1.29, 1.82) is 0 Å². The molecule has 1 aliphatic heterocycles. The van der Waals surface area contributed by atoms with Crippen molar-refractivity contribution in [3.8, 4) is 5.75 Å². The van der Waals surface area contributed by atoms with Gasteiger partial charge in [0.2, 0.25) is 0 Å². The third kappa shape index (κ3) is 5.84. The fraction of sp³-hybridized carbons (Fsp3) is 0.722. The number of hydrogen-bond donors (Lipinski definition) is 0. The van der Waals surface area contributed by atoms with Crippen LogP contribution in [-0.4, -0.2) is 48.7 Å². The van der Waals surface area contributed by atoms with E-state index >= 15 is 0 Å². The highest BCUT2D eigenvalue weighted by atomic mass is 16.5. The fourth-order valence-corrected chi connectivity index (χ4v) is 2.39. The molecule has 0 atom stereocenters. The van der Waals surface area contributed by atoms with Crippen LogP contribution >= 0.6 is 0 Å². The number of hydrogen-bond acceptors (Lipinski definition) is 4. The third-order valence-corrected chi connectivity index (χ3v) is 3.67. The van der Waals surface area contributed by atoms with Crippen molar-refractivity contribution in [2.24, 2.45) is 5.92 Å². The van der Waals surface area contributed by atoms with E-state index < -0.39 is 0 Å². The van der Waals surface area contributed by atoms with E-state index in [1.807, 2.05) is 26.1 Å². The van der Waals surface area contributed by atoms with Gasteiger partial charge in [0.15, 0.2) is 0 Å². The van der Waals surface area contributed by atoms with Crippen LogP contribution < -0.4 is 9.64 Å². The maximum absolute atomic E-state index is 5.78. The Hall–Kier alpha value is -1.29. The van der Waals surface area contributed by atoms with Crippen molar-refractivity contribution in [2.75, 3.05) is 37.7 Å². The minimum atomic E-state index is 0.543. The number of piperazine rings is 1. The van der Waals surface area contributed by atoms with E-state index in [9.17, 15) is 0 Å². The zero-order valence-corrected chi connectivity index (χ0v) is 15.2. The van der Waals surface area contributed by atoms with Crippen LogP contribution in [-0.2, 0) is 0 Å². The number of rotatable bonds is 5. The van der Waals surface area contributed by atoms with Crippen molar-refractivity contribution < 1.29 is 4.74 Å². The van der Waals surface area contributed by atoms with Crippen LogP contribution in [0.15, 0.2) is 18.3 Å². The molecule has 22 heavy (non-hydrogen) atoms. The molecule has 1 saturated heterocycles. The molecule has 0 bridgehead atoms. The summed E-state index contributed by atoms with van der Waals surface area (Å²) in [5, 5.41) is 0. The molecule has 0 radical (unpaired) electrons. The molecule has 0 amide bonds. The molecule has 1 aromatic rings. The fourth-order valence-electron chi connectivity index (χ4n) is 2.39. The second-order valence-electron chi connectivity index (χ2n) is 6.17. The van der Waals surface area contributed by atoms with E-state index in [1.54, 1.807) is 0 Å². The Balaban J connectivity index is 0.00000116. The summed E-state index contributed by atoms with van der Waals surface area (Å²) in [6.07, 6.45) is 1.85. The van der Waals surface area contributed by atoms with Crippen LogP contribution in [0.2, 0.25) is 0 Å². The van der Waals surface area contributed by atoms with Crippen LogP contribution in [0.3, 0.4) is 0 Å². The molecule has 0 saturated carbocycles. The van der Waals surface area contributed by atoms with E-state index in [1.165, 1.54) is 0 Å². The van der Waals surface area contributed by atoms with Gasteiger partial charge in [0, 0.05) is 44.5 Å². The summed E-state index contributed by atoms with van der Waals surface area (Å²) in [7, 11) is 0. The lowest BCUT2D eigenvalue weighted by molar-refractivity contribution is 0.209. The molecule has 0 spiro atoms. The molecule has 1 fully saturated rings. The first-order chi connectivity index (χ1) is 10.6. The molecule has 2 rings (SSSR count). The first-order valence-electron chi connectivity index (χ1n) is 8.64. The minimum absolute atomic E-state index is 0.543. The van der Waals surface area contributed by atoms with Gasteiger partial charge in [0.1, 0.15) is 11.6 Å². The summed E-state index contributed by atoms with van der Waals surface area (Å²) in [6, 6.07) is 4.63. The normalized spacial score (nSPS) is 15.7. The van der Waals surface area contributed by atoms with Crippen LogP contribution in [0.4, 0.5) is 5.82 Å². The Morgan fingerprint density at radius 3 is 2.27 bits per heavy atom. The van der Waals surface area contributed by atoms with Crippen molar-refractivity contribution in [3.05, 3.63) is 18.3 Å². The zero-order valence-electron chi connectivity index (χ0n) is 15.2. The average Bonchev–Trinajstić information content (AvgIpc) is 2.55. The van der Waals surface area contributed by atoms with E-state index in [4.69, 9.17) is 4.74 Å². The molecule has 1 aliphatic rings. The van der Waals surface area contributed by atoms with Gasteiger partial charge in [-0.2, -0.15) is 0 Å². The monoisotopic (exact) mass is 307 g/mol. The second kappa shape index (κ2) is 9.67. The van der Waals surface area contributed by atoms with Crippen LogP contribution in [0, 0.1) is 5.92 Å².